The topological polar surface area (TPSA) is 21.3 Å². The van der Waals surface area contributed by atoms with Crippen LogP contribution in [0.25, 0.3) is 0 Å². The second kappa shape index (κ2) is 1.92. The maximum Gasteiger partial charge on any atom is 0.108 e. The van der Waals surface area contributed by atoms with E-state index in [0.29, 0.717) is 6.10 Å². The minimum atomic E-state index is 0.249. The van der Waals surface area contributed by atoms with Crippen molar-refractivity contribution in [2.24, 2.45) is 0 Å². The molecule has 9 heavy (non-hydrogen) atoms. The van der Waals surface area contributed by atoms with Crippen LogP contribution in [0.15, 0.2) is 0 Å². The monoisotopic (exact) mass is 143 g/mol. The minimum Gasteiger partial charge on any atom is -0.375 e. The van der Waals surface area contributed by atoms with E-state index >= 15 is 0 Å². The van der Waals surface area contributed by atoms with Crippen LogP contribution >= 0.6 is 12.2 Å². The molecule has 0 aromatic rings. The van der Waals surface area contributed by atoms with E-state index in [-0.39, 0.29) is 6.10 Å². The third kappa shape index (κ3) is 0.843. The highest BCUT2D eigenvalue weighted by Crippen LogP contribution is 2.22. The molecule has 50 valence electrons. The van der Waals surface area contributed by atoms with Crippen LogP contribution in [-0.4, -0.2) is 23.7 Å². The van der Waals surface area contributed by atoms with Crippen molar-refractivity contribution in [3.8, 4) is 0 Å². The smallest absolute Gasteiger partial charge is 0.108 e. The number of fused-ring (bicyclic) bond motifs is 2. The van der Waals surface area contributed by atoms with Crippen molar-refractivity contribution in [3.63, 3.8) is 0 Å². The van der Waals surface area contributed by atoms with Gasteiger partial charge in [-0.2, -0.15) is 0 Å². The van der Waals surface area contributed by atoms with Crippen LogP contribution in [0, 0.1) is 0 Å². The largest absolute Gasteiger partial charge is 0.375 e. The van der Waals surface area contributed by atoms with Gasteiger partial charge in [0.1, 0.15) is 11.1 Å². The lowest BCUT2D eigenvalue weighted by Crippen LogP contribution is -2.42. The van der Waals surface area contributed by atoms with Gasteiger partial charge in [-0.15, -0.1) is 0 Å². The molecule has 0 unspecified atom stereocenters. The molecule has 0 spiro atoms. The van der Waals surface area contributed by atoms with Crippen LogP contribution < -0.4 is 5.32 Å². The molecule has 0 saturated carbocycles. The molecule has 1 N–H and O–H groups in total. The zero-order valence-corrected chi connectivity index (χ0v) is 5.91. The van der Waals surface area contributed by atoms with Crippen molar-refractivity contribution in [2.45, 2.75) is 25.0 Å². The fourth-order valence-corrected chi connectivity index (χ4v) is 1.63. The SMILES string of the molecule is S=C1NC[C@@H]2CC[C@@H]1O2. The zero-order valence-electron chi connectivity index (χ0n) is 5.09. The Labute approximate surface area is 59.6 Å². The Bertz CT molecular complexity index is 148. The Morgan fingerprint density at radius 1 is 1.56 bits per heavy atom. The second-order valence-corrected chi connectivity index (χ2v) is 3.01. The van der Waals surface area contributed by atoms with E-state index < -0.39 is 0 Å². The lowest BCUT2D eigenvalue weighted by molar-refractivity contribution is 0.0686. The lowest BCUT2D eigenvalue weighted by Gasteiger charge is -2.22. The minimum absolute atomic E-state index is 0.249. The van der Waals surface area contributed by atoms with Crippen LogP contribution in [-0.2, 0) is 4.74 Å². The van der Waals surface area contributed by atoms with E-state index in [1.165, 1.54) is 6.42 Å². The second-order valence-electron chi connectivity index (χ2n) is 2.57. The van der Waals surface area contributed by atoms with Crippen molar-refractivity contribution >= 4 is 17.2 Å². The van der Waals surface area contributed by atoms with Crippen LogP contribution in [0.2, 0.25) is 0 Å². The predicted molar refractivity (Wildman–Crippen MR) is 38.5 cm³/mol. The highest BCUT2D eigenvalue weighted by molar-refractivity contribution is 7.80. The van der Waals surface area contributed by atoms with E-state index in [9.17, 15) is 0 Å². The maximum atomic E-state index is 5.51. The van der Waals surface area contributed by atoms with Crippen LogP contribution in [0.5, 0.6) is 0 Å². The van der Waals surface area contributed by atoms with Crippen LogP contribution in [0.4, 0.5) is 0 Å². The van der Waals surface area contributed by atoms with Gasteiger partial charge in [0, 0.05) is 6.54 Å². The molecular formula is C6H9NOS. The van der Waals surface area contributed by atoms with E-state index in [2.05, 4.69) is 5.32 Å². The third-order valence-corrected chi connectivity index (χ3v) is 2.31. The summed E-state index contributed by atoms with van der Waals surface area (Å²) in [6.07, 6.45) is 2.99. The molecule has 2 aliphatic heterocycles. The van der Waals surface area contributed by atoms with Gasteiger partial charge >= 0.3 is 0 Å². The number of rotatable bonds is 0. The maximum absolute atomic E-state index is 5.51. The summed E-state index contributed by atoms with van der Waals surface area (Å²) in [4.78, 5) is 0.906. The molecule has 0 radical (unpaired) electrons. The molecule has 3 heteroatoms. The van der Waals surface area contributed by atoms with Crippen molar-refractivity contribution in [1.29, 1.82) is 0 Å². The molecule has 0 aromatic heterocycles. The summed E-state index contributed by atoms with van der Waals surface area (Å²) in [7, 11) is 0. The molecular weight excluding hydrogens is 134 g/mol. The van der Waals surface area contributed by atoms with Crippen molar-refractivity contribution in [3.05, 3.63) is 0 Å². The first-order valence-corrected chi connectivity index (χ1v) is 3.70. The molecule has 2 nitrogen and oxygen atoms in total. The molecule has 2 rings (SSSR count). The summed E-state index contributed by atoms with van der Waals surface area (Å²) in [6.45, 7) is 0.926. The molecule has 0 aromatic carbocycles. The Kier molecular flexibility index (Phi) is 1.20. The third-order valence-electron chi connectivity index (χ3n) is 1.90. The number of ether oxygens (including phenoxy) is 1. The molecule has 2 fully saturated rings. The fourth-order valence-electron chi connectivity index (χ4n) is 1.38. The Balaban J connectivity index is 2.14. The predicted octanol–water partition coefficient (Wildman–Crippen LogP) is 0.465. The van der Waals surface area contributed by atoms with E-state index in [1.54, 1.807) is 0 Å². The molecule has 0 aliphatic carbocycles. The fraction of sp³-hybridized carbons (Fsp3) is 0.833. The summed E-state index contributed by atoms with van der Waals surface area (Å²) in [5.41, 5.74) is 0. The van der Waals surface area contributed by atoms with Gasteiger partial charge in [0.2, 0.25) is 0 Å². The van der Waals surface area contributed by atoms with E-state index in [1.807, 2.05) is 0 Å². The van der Waals surface area contributed by atoms with Gasteiger partial charge in [0.25, 0.3) is 0 Å². The Hall–Kier alpha value is -0.150. The number of hydrogen-bond donors (Lipinski definition) is 1. The van der Waals surface area contributed by atoms with Crippen molar-refractivity contribution in [1.82, 2.24) is 5.32 Å². The summed E-state index contributed by atoms with van der Waals surface area (Å²) in [5.74, 6) is 0. The van der Waals surface area contributed by atoms with E-state index in [4.69, 9.17) is 17.0 Å². The number of hydrogen-bond acceptors (Lipinski definition) is 2. The molecule has 0 amide bonds. The van der Waals surface area contributed by atoms with E-state index in [0.717, 1.165) is 18.0 Å². The summed E-state index contributed by atoms with van der Waals surface area (Å²) >= 11 is 5.02. The number of nitrogens with one attached hydrogen (secondary N) is 1. The van der Waals surface area contributed by atoms with Gasteiger partial charge in [-0.1, -0.05) is 12.2 Å². The Morgan fingerprint density at radius 2 is 2.44 bits per heavy atom. The summed E-state index contributed by atoms with van der Waals surface area (Å²) < 4.78 is 5.51. The van der Waals surface area contributed by atoms with Gasteiger partial charge in [0.05, 0.1) is 6.10 Å². The summed E-state index contributed by atoms with van der Waals surface area (Å²) in [5, 5.41) is 3.15. The first-order chi connectivity index (χ1) is 4.36. The first-order valence-electron chi connectivity index (χ1n) is 3.29. The standard InChI is InChI=1S/C6H9NOS/c9-6-5-2-1-4(8-5)3-7-6/h4-5H,1-3H2,(H,7,9)/t4-,5-/m0/s1. The first kappa shape index (κ1) is 5.62. The van der Waals surface area contributed by atoms with Gasteiger partial charge in [-0.3, -0.25) is 0 Å². The van der Waals surface area contributed by atoms with Gasteiger partial charge in [-0.25, -0.2) is 0 Å². The van der Waals surface area contributed by atoms with Gasteiger partial charge < -0.3 is 10.1 Å². The van der Waals surface area contributed by atoms with Crippen molar-refractivity contribution in [2.75, 3.05) is 6.54 Å². The highest BCUT2D eigenvalue weighted by atomic mass is 32.1. The normalized spacial score (nSPS) is 40.7. The molecule has 2 aliphatic rings. The number of thiocarbonyl (C=S) groups is 1. The Morgan fingerprint density at radius 3 is 3.22 bits per heavy atom. The van der Waals surface area contributed by atoms with Gasteiger partial charge in [0.15, 0.2) is 0 Å². The molecule has 2 bridgehead atoms. The quantitative estimate of drug-likeness (QED) is 0.498. The summed E-state index contributed by atoms with van der Waals surface area (Å²) in [6, 6.07) is 0. The van der Waals surface area contributed by atoms with Crippen LogP contribution in [0.3, 0.4) is 0 Å². The lowest BCUT2D eigenvalue weighted by atomic mass is 10.2. The molecule has 2 atom stereocenters. The number of morpholine rings is 1. The molecule has 2 saturated heterocycles. The van der Waals surface area contributed by atoms with Crippen LogP contribution in [0.1, 0.15) is 12.8 Å². The average molecular weight is 143 g/mol. The van der Waals surface area contributed by atoms with Gasteiger partial charge in [-0.05, 0) is 12.8 Å². The highest BCUT2D eigenvalue weighted by Gasteiger charge is 2.32. The van der Waals surface area contributed by atoms with Crippen molar-refractivity contribution < 1.29 is 4.74 Å². The molecule has 2 heterocycles. The average Bonchev–Trinajstić information content (AvgIpc) is 2.25. The zero-order chi connectivity index (χ0) is 6.27.